The lowest BCUT2D eigenvalue weighted by Gasteiger charge is -2.32. The van der Waals surface area contributed by atoms with Gasteiger partial charge in [-0.1, -0.05) is 54.6 Å². The summed E-state index contributed by atoms with van der Waals surface area (Å²) < 4.78 is 0. The molecule has 0 aliphatic carbocycles. The van der Waals surface area contributed by atoms with Gasteiger partial charge in [-0.3, -0.25) is 9.59 Å². The first-order chi connectivity index (χ1) is 14.1. The number of benzene rings is 2. The maximum Gasteiger partial charge on any atom is 0.222 e. The Morgan fingerprint density at radius 1 is 0.862 bits per heavy atom. The molecule has 1 aliphatic rings. The SMILES string of the molecule is CNC(=O)CCc1ccc(CC2CCN(C(=O)CCc3ccccc3)CC2)cc1. The van der Waals surface area contributed by atoms with Crippen LogP contribution < -0.4 is 5.32 Å². The van der Waals surface area contributed by atoms with Gasteiger partial charge in [0.25, 0.3) is 0 Å². The summed E-state index contributed by atoms with van der Waals surface area (Å²) in [5.41, 5.74) is 3.79. The molecule has 2 aromatic rings. The van der Waals surface area contributed by atoms with Crippen molar-refractivity contribution in [3.05, 3.63) is 71.3 Å². The highest BCUT2D eigenvalue weighted by Crippen LogP contribution is 2.23. The molecule has 4 heteroatoms. The summed E-state index contributed by atoms with van der Waals surface area (Å²) in [7, 11) is 1.67. The highest BCUT2D eigenvalue weighted by molar-refractivity contribution is 5.76. The summed E-state index contributed by atoms with van der Waals surface area (Å²) in [6, 6.07) is 18.9. The maximum absolute atomic E-state index is 12.5. The van der Waals surface area contributed by atoms with Crippen LogP contribution in [0.1, 0.15) is 42.4 Å². The van der Waals surface area contributed by atoms with Gasteiger partial charge in [-0.25, -0.2) is 0 Å². The summed E-state index contributed by atoms with van der Waals surface area (Å²) in [4.78, 5) is 25.9. The van der Waals surface area contributed by atoms with Crippen LogP contribution in [0.4, 0.5) is 0 Å². The number of rotatable bonds is 8. The molecule has 1 heterocycles. The summed E-state index contributed by atoms with van der Waals surface area (Å²) in [6.45, 7) is 1.75. The molecule has 0 atom stereocenters. The van der Waals surface area contributed by atoms with E-state index in [0.29, 0.717) is 18.8 Å². The first kappa shape index (κ1) is 21.1. The smallest absolute Gasteiger partial charge is 0.222 e. The van der Waals surface area contributed by atoms with Gasteiger partial charge in [-0.05, 0) is 54.7 Å². The van der Waals surface area contributed by atoms with E-state index < -0.39 is 0 Å². The van der Waals surface area contributed by atoms with Gasteiger partial charge < -0.3 is 10.2 Å². The Hall–Kier alpha value is -2.62. The van der Waals surface area contributed by atoms with Gasteiger partial charge in [0.2, 0.25) is 11.8 Å². The second-order valence-corrected chi connectivity index (χ2v) is 8.00. The largest absolute Gasteiger partial charge is 0.359 e. The zero-order valence-corrected chi connectivity index (χ0v) is 17.4. The van der Waals surface area contributed by atoms with Crippen molar-refractivity contribution in [2.75, 3.05) is 20.1 Å². The number of aryl methyl sites for hydroxylation is 2. The van der Waals surface area contributed by atoms with Crippen molar-refractivity contribution >= 4 is 11.8 Å². The second kappa shape index (κ2) is 10.8. The Labute approximate surface area is 174 Å². The topological polar surface area (TPSA) is 49.4 Å². The molecule has 3 rings (SSSR count). The van der Waals surface area contributed by atoms with Crippen LogP contribution in [0.25, 0.3) is 0 Å². The molecular weight excluding hydrogens is 360 g/mol. The first-order valence-corrected chi connectivity index (χ1v) is 10.7. The van der Waals surface area contributed by atoms with Crippen LogP contribution in [0.3, 0.4) is 0 Å². The van der Waals surface area contributed by atoms with Gasteiger partial charge in [0, 0.05) is 33.0 Å². The van der Waals surface area contributed by atoms with E-state index in [0.717, 1.165) is 45.2 Å². The van der Waals surface area contributed by atoms with Gasteiger partial charge in [-0.15, -0.1) is 0 Å². The van der Waals surface area contributed by atoms with Crippen LogP contribution in [0.5, 0.6) is 0 Å². The molecule has 2 amide bonds. The number of carbonyl (C=O) groups is 2. The predicted octanol–water partition coefficient (Wildman–Crippen LogP) is 3.78. The van der Waals surface area contributed by atoms with Gasteiger partial charge in [0.15, 0.2) is 0 Å². The van der Waals surface area contributed by atoms with Crippen molar-refractivity contribution in [1.29, 1.82) is 0 Å². The van der Waals surface area contributed by atoms with Crippen LogP contribution in [-0.2, 0) is 28.9 Å². The zero-order chi connectivity index (χ0) is 20.5. The van der Waals surface area contributed by atoms with E-state index in [1.807, 2.05) is 23.1 Å². The van der Waals surface area contributed by atoms with Crippen molar-refractivity contribution < 1.29 is 9.59 Å². The molecule has 0 bridgehead atoms. The monoisotopic (exact) mass is 392 g/mol. The average molecular weight is 393 g/mol. The van der Waals surface area contributed by atoms with E-state index in [1.165, 1.54) is 16.7 Å². The van der Waals surface area contributed by atoms with Crippen LogP contribution in [-0.4, -0.2) is 36.9 Å². The minimum Gasteiger partial charge on any atom is -0.359 e. The molecule has 1 fully saturated rings. The molecule has 1 saturated heterocycles. The molecule has 4 nitrogen and oxygen atoms in total. The molecule has 0 spiro atoms. The fourth-order valence-corrected chi connectivity index (χ4v) is 4.00. The highest BCUT2D eigenvalue weighted by atomic mass is 16.2. The molecule has 0 aromatic heterocycles. The molecule has 2 aromatic carbocycles. The minimum absolute atomic E-state index is 0.0825. The average Bonchev–Trinajstić information content (AvgIpc) is 2.78. The van der Waals surface area contributed by atoms with E-state index >= 15 is 0 Å². The molecule has 0 unspecified atom stereocenters. The van der Waals surface area contributed by atoms with Crippen molar-refractivity contribution in [2.45, 2.75) is 44.9 Å². The fraction of sp³-hybridized carbons (Fsp3) is 0.440. The number of likely N-dealkylation sites (tertiary alicyclic amines) is 1. The predicted molar refractivity (Wildman–Crippen MR) is 117 cm³/mol. The fourth-order valence-electron chi connectivity index (χ4n) is 4.00. The van der Waals surface area contributed by atoms with Crippen LogP contribution >= 0.6 is 0 Å². The third-order valence-electron chi connectivity index (χ3n) is 5.90. The van der Waals surface area contributed by atoms with Gasteiger partial charge in [0.1, 0.15) is 0 Å². The molecule has 154 valence electrons. The Bertz CT molecular complexity index is 778. The van der Waals surface area contributed by atoms with Crippen molar-refractivity contribution in [3.63, 3.8) is 0 Å². The van der Waals surface area contributed by atoms with E-state index in [9.17, 15) is 9.59 Å². The lowest BCUT2D eigenvalue weighted by molar-refractivity contribution is -0.132. The standard InChI is InChI=1S/C25H32N2O2/c1-26-24(28)13-11-21-7-9-22(10-8-21)19-23-15-17-27(18-16-23)25(29)14-12-20-5-3-2-4-6-20/h2-10,23H,11-19H2,1H3,(H,26,28). The number of amides is 2. The second-order valence-electron chi connectivity index (χ2n) is 8.00. The van der Waals surface area contributed by atoms with E-state index in [-0.39, 0.29) is 11.8 Å². The summed E-state index contributed by atoms with van der Waals surface area (Å²) in [5.74, 6) is 1.01. The minimum atomic E-state index is 0.0825. The number of nitrogens with one attached hydrogen (secondary N) is 1. The number of nitrogens with zero attached hydrogens (tertiary/aromatic N) is 1. The zero-order valence-electron chi connectivity index (χ0n) is 17.4. The van der Waals surface area contributed by atoms with Gasteiger partial charge >= 0.3 is 0 Å². The normalized spacial score (nSPS) is 14.6. The Kier molecular flexibility index (Phi) is 7.85. The van der Waals surface area contributed by atoms with E-state index in [1.54, 1.807) is 7.05 Å². The highest BCUT2D eigenvalue weighted by Gasteiger charge is 2.22. The van der Waals surface area contributed by atoms with E-state index in [2.05, 4.69) is 41.7 Å². The van der Waals surface area contributed by atoms with E-state index in [4.69, 9.17) is 0 Å². The summed E-state index contributed by atoms with van der Waals surface area (Å²) in [6.07, 6.45) is 5.97. The quantitative estimate of drug-likeness (QED) is 0.743. The number of hydrogen-bond acceptors (Lipinski definition) is 2. The van der Waals surface area contributed by atoms with Gasteiger partial charge in [-0.2, -0.15) is 0 Å². The van der Waals surface area contributed by atoms with Gasteiger partial charge in [0.05, 0.1) is 0 Å². The lowest BCUT2D eigenvalue weighted by atomic mass is 9.89. The van der Waals surface area contributed by atoms with Crippen molar-refractivity contribution in [1.82, 2.24) is 10.2 Å². The van der Waals surface area contributed by atoms with Crippen molar-refractivity contribution in [3.8, 4) is 0 Å². The molecule has 1 aliphatic heterocycles. The van der Waals surface area contributed by atoms with Crippen LogP contribution in [0, 0.1) is 5.92 Å². The molecule has 29 heavy (non-hydrogen) atoms. The molecule has 1 N–H and O–H groups in total. The number of piperidine rings is 1. The maximum atomic E-state index is 12.5. The van der Waals surface area contributed by atoms with Crippen molar-refractivity contribution in [2.24, 2.45) is 5.92 Å². The lowest BCUT2D eigenvalue weighted by Crippen LogP contribution is -2.39. The molecule has 0 radical (unpaired) electrons. The summed E-state index contributed by atoms with van der Waals surface area (Å²) in [5, 5.41) is 2.66. The Balaban J connectivity index is 1.39. The number of hydrogen-bond donors (Lipinski definition) is 1. The Morgan fingerprint density at radius 3 is 2.10 bits per heavy atom. The van der Waals surface area contributed by atoms with Crippen LogP contribution in [0.2, 0.25) is 0 Å². The number of carbonyl (C=O) groups excluding carboxylic acids is 2. The Morgan fingerprint density at radius 2 is 1.45 bits per heavy atom. The van der Waals surface area contributed by atoms with Crippen LogP contribution in [0.15, 0.2) is 54.6 Å². The first-order valence-electron chi connectivity index (χ1n) is 10.7. The molecular formula is C25H32N2O2. The third-order valence-corrected chi connectivity index (χ3v) is 5.90. The molecule has 0 saturated carbocycles. The third kappa shape index (κ3) is 6.74. The summed E-state index contributed by atoms with van der Waals surface area (Å²) >= 11 is 0.